The van der Waals surface area contributed by atoms with E-state index in [1.807, 2.05) is 6.92 Å². The lowest BCUT2D eigenvalue weighted by molar-refractivity contribution is 0.266. The lowest BCUT2D eigenvalue weighted by Crippen LogP contribution is -2.26. The van der Waals surface area contributed by atoms with E-state index in [1.54, 1.807) is 18.6 Å². The molecule has 0 aromatic carbocycles. The fraction of sp³-hybridized carbons (Fsp3) is 0.364. The summed E-state index contributed by atoms with van der Waals surface area (Å²) in [7, 11) is 0. The highest BCUT2D eigenvalue weighted by molar-refractivity contribution is 9.10. The molecule has 1 unspecified atom stereocenters. The van der Waals surface area contributed by atoms with Gasteiger partial charge in [-0.25, -0.2) is 9.67 Å². The Morgan fingerprint density at radius 3 is 3.05 bits per heavy atom. The van der Waals surface area contributed by atoms with Crippen LogP contribution in [0, 0.1) is 0 Å². The molecule has 0 aliphatic carbocycles. The number of hydrogen-bond donors (Lipinski definition) is 3. The van der Waals surface area contributed by atoms with Gasteiger partial charge in [0.2, 0.25) is 0 Å². The summed E-state index contributed by atoms with van der Waals surface area (Å²) in [6.07, 6.45) is 4.95. The highest BCUT2D eigenvalue weighted by Crippen LogP contribution is 2.21. The summed E-state index contributed by atoms with van der Waals surface area (Å²) >= 11 is 3.24. The molecule has 0 saturated carbocycles. The molecule has 0 amide bonds. The van der Waals surface area contributed by atoms with Crippen LogP contribution in [-0.2, 0) is 6.54 Å². The van der Waals surface area contributed by atoms with Crippen molar-refractivity contribution < 1.29 is 5.11 Å². The smallest absolute Gasteiger partial charge is 0.283 e. The molecule has 0 aliphatic heterocycles. The summed E-state index contributed by atoms with van der Waals surface area (Å²) in [5, 5.41) is 16.0. The molecule has 0 radical (unpaired) electrons. The summed E-state index contributed by atoms with van der Waals surface area (Å²) in [4.78, 5) is 19.1. The van der Waals surface area contributed by atoms with Gasteiger partial charge in [0.1, 0.15) is 10.3 Å². The van der Waals surface area contributed by atoms with Crippen molar-refractivity contribution in [2.24, 2.45) is 0 Å². The first-order valence-corrected chi connectivity index (χ1v) is 6.55. The minimum atomic E-state index is -0.286. The van der Waals surface area contributed by atoms with E-state index in [0.717, 1.165) is 5.82 Å². The number of aromatic amines is 1. The van der Waals surface area contributed by atoms with Gasteiger partial charge in [-0.3, -0.25) is 4.79 Å². The average Bonchev–Trinajstić information content (AvgIpc) is 2.92. The molecule has 0 aliphatic rings. The molecule has 7 nitrogen and oxygen atoms in total. The second kappa shape index (κ2) is 5.98. The summed E-state index contributed by atoms with van der Waals surface area (Å²) in [5.74, 6) is 0.770. The van der Waals surface area contributed by atoms with Crippen LogP contribution < -0.4 is 10.9 Å². The molecule has 0 bridgehead atoms. The van der Waals surface area contributed by atoms with E-state index in [-0.39, 0.29) is 24.8 Å². The van der Waals surface area contributed by atoms with Crippen LogP contribution in [0.1, 0.15) is 18.8 Å². The second-order valence-corrected chi connectivity index (χ2v) is 4.76. The van der Waals surface area contributed by atoms with Crippen LogP contribution in [0.3, 0.4) is 0 Å². The van der Waals surface area contributed by atoms with E-state index in [4.69, 9.17) is 5.11 Å². The van der Waals surface area contributed by atoms with E-state index in [1.165, 1.54) is 4.68 Å². The highest BCUT2D eigenvalue weighted by atomic mass is 79.9. The van der Waals surface area contributed by atoms with Gasteiger partial charge >= 0.3 is 0 Å². The first-order valence-electron chi connectivity index (χ1n) is 5.75. The van der Waals surface area contributed by atoms with Gasteiger partial charge in [-0.15, -0.1) is 0 Å². The van der Waals surface area contributed by atoms with Crippen LogP contribution in [0.15, 0.2) is 27.9 Å². The molecular weight excluding hydrogens is 314 g/mol. The normalized spacial score (nSPS) is 12.4. The molecule has 2 rings (SSSR count). The topological polar surface area (TPSA) is 95.8 Å². The maximum Gasteiger partial charge on any atom is 0.283 e. The van der Waals surface area contributed by atoms with Crippen LogP contribution in [0.4, 0.5) is 5.69 Å². The molecule has 2 aromatic heterocycles. The van der Waals surface area contributed by atoms with Crippen molar-refractivity contribution in [1.82, 2.24) is 19.7 Å². The SMILES string of the molecule is CC(Nc1cnn(CCO)c(=O)c1Br)c1ncc[nH]1. The van der Waals surface area contributed by atoms with Crippen molar-refractivity contribution in [3.05, 3.63) is 39.2 Å². The van der Waals surface area contributed by atoms with Gasteiger partial charge in [0, 0.05) is 12.4 Å². The fourth-order valence-corrected chi connectivity index (χ4v) is 2.06. The molecule has 0 spiro atoms. The number of aliphatic hydroxyl groups excluding tert-OH is 1. The summed E-state index contributed by atoms with van der Waals surface area (Å²) < 4.78 is 1.58. The minimum Gasteiger partial charge on any atom is -0.394 e. The third-order valence-electron chi connectivity index (χ3n) is 2.60. The molecule has 2 heterocycles. The van der Waals surface area contributed by atoms with Gasteiger partial charge < -0.3 is 15.4 Å². The van der Waals surface area contributed by atoms with Gasteiger partial charge in [-0.05, 0) is 22.9 Å². The summed E-state index contributed by atoms with van der Waals surface area (Å²) in [5.41, 5.74) is 0.300. The van der Waals surface area contributed by atoms with E-state index in [0.29, 0.717) is 10.2 Å². The van der Waals surface area contributed by atoms with Crippen molar-refractivity contribution in [3.8, 4) is 0 Å². The van der Waals surface area contributed by atoms with Crippen LogP contribution in [0.2, 0.25) is 0 Å². The maximum absolute atomic E-state index is 11.9. The summed E-state index contributed by atoms with van der Waals surface area (Å²) in [6.45, 7) is 1.96. The van der Waals surface area contributed by atoms with Crippen LogP contribution in [0.5, 0.6) is 0 Å². The van der Waals surface area contributed by atoms with E-state index in [2.05, 4.69) is 36.3 Å². The quantitative estimate of drug-likeness (QED) is 0.758. The number of nitrogens with one attached hydrogen (secondary N) is 2. The first kappa shape index (κ1) is 13.8. The predicted octanol–water partition coefficient (Wildman–Crippen LogP) is 0.894. The Morgan fingerprint density at radius 2 is 2.42 bits per heavy atom. The molecule has 8 heteroatoms. The zero-order valence-electron chi connectivity index (χ0n) is 10.3. The Hall–Kier alpha value is -1.67. The van der Waals surface area contributed by atoms with Crippen molar-refractivity contribution in [3.63, 3.8) is 0 Å². The summed E-state index contributed by atoms with van der Waals surface area (Å²) in [6, 6.07) is -0.0822. The largest absolute Gasteiger partial charge is 0.394 e. The minimum absolute atomic E-state index is 0.0822. The molecule has 19 heavy (non-hydrogen) atoms. The highest BCUT2D eigenvalue weighted by Gasteiger charge is 2.13. The van der Waals surface area contributed by atoms with Crippen LogP contribution in [-0.4, -0.2) is 31.5 Å². The maximum atomic E-state index is 11.9. The molecule has 2 aromatic rings. The fourth-order valence-electron chi connectivity index (χ4n) is 1.64. The molecule has 0 fully saturated rings. The van der Waals surface area contributed by atoms with Gasteiger partial charge in [0.05, 0.1) is 31.1 Å². The van der Waals surface area contributed by atoms with Gasteiger partial charge in [0.15, 0.2) is 0 Å². The molecule has 0 saturated heterocycles. The number of rotatable bonds is 5. The number of aliphatic hydroxyl groups is 1. The Balaban J connectivity index is 2.22. The molecule has 102 valence electrons. The van der Waals surface area contributed by atoms with Gasteiger partial charge in [0.25, 0.3) is 5.56 Å². The van der Waals surface area contributed by atoms with Crippen molar-refractivity contribution in [1.29, 1.82) is 0 Å². The number of imidazole rings is 1. The van der Waals surface area contributed by atoms with Crippen molar-refractivity contribution in [2.45, 2.75) is 19.5 Å². The Kier molecular flexibility index (Phi) is 4.33. The van der Waals surface area contributed by atoms with Gasteiger partial charge in [-0.2, -0.15) is 5.10 Å². The number of nitrogens with zero attached hydrogens (tertiary/aromatic N) is 3. The average molecular weight is 328 g/mol. The van der Waals surface area contributed by atoms with Crippen LogP contribution >= 0.6 is 15.9 Å². The van der Waals surface area contributed by atoms with E-state index < -0.39 is 0 Å². The Bertz CT molecular complexity index is 596. The van der Waals surface area contributed by atoms with E-state index in [9.17, 15) is 4.79 Å². The zero-order valence-corrected chi connectivity index (χ0v) is 11.9. The van der Waals surface area contributed by atoms with E-state index >= 15 is 0 Å². The van der Waals surface area contributed by atoms with Crippen molar-refractivity contribution in [2.75, 3.05) is 11.9 Å². The third kappa shape index (κ3) is 3.02. The third-order valence-corrected chi connectivity index (χ3v) is 3.36. The molecular formula is C11H14BrN5O2. The lowest BCUT2D eigenvalue weighted by atomic mass is 10.3. The number of halogens is 1. The monoisotopic (exact) mass is 327 g/mol. The van der Waals surface area contributed by atoms with Gasteiger partial charge in [-0.1, -0.05) is 0 Å². The first-order chi connectivity index (χ1) is 9.13. The Labute approximate surface area is 117 Å². The predicted molar refractivity (Wildman–Crippen MR) is 73.9 cm³/mol. The lowest BCUT2D eigenvalue weighted by Gasteiger charge is -2.14. The number of H-pyrrole nitrogens is 1. The van der Waals surface area contributed by atoms with Crippen LogP contribution in [0.25, 0.3) is 0 Å². The standard InChI is InChI=1S/C11H14BrN5O2/c1-7(10-13-2-3-14-10)16-8-6-15-17(4-5-18)11(19)9(8)12/h2-3,6-7,16,18H,4-5H2,1H3,(H,13,14). The number of anilines is 1. The zero-order chi connectivity index (χ0) is 13.8. The molecule has 1 atom stereocenters. The number of hydrogen-bond acceptors (Lipinski definition) is 5. The Morgan fingerprint density at radius 1 is 1.63 bits per heavy atom. The van der Waals surface area contributed by atoms with Crippen molar-refractivity contribution >= 4 is 21.6 Å². The molecule has 3 N–H and O–H groups in total. The second-order valence-electron chi connectivity index (χ2n) is 3.96. The number of aromatic nitrogens is 4.